The van der Waals surface area contributed by atoms with E-state index in [1.54, 1.807) is 25.1 Å². The summed E-state index contributed by atoms with van der Waals surface area (Å²) in [6.45, 7) is 1.75. The Labute approximate surface area is 130 Å². The highest BCUT2D eigenvalue weighted by Crippen LogP contribution is 2.19. The SMILES string of the molecule is Cc1c(Br)cccc1C(=O)N[C@H](CCCC(=O)O)C(=O)O. The molecule has 3 N–H and O–H groups in total. The van der Waals surface area contributed by atoms with Crippen molar-refractivity contribution in [2.24, 2.45) is 0 Å². The van der Waals surface area contributed by atoms with Crippen molar-refractivity contribution in [3.8, 4) is 0 Å². The maximum atomic E-state index is 12.1. The Morgan fingerprint density at radius 1 is 1.29 bits per heavy atom. The molecule has 6 nitrogen and oxygen atoms in total. The van der Waals surface area contributed by atoms with Crippen LogP contribution in [-0.4, -0.2) is 34.1 Å². The summed E-state index contributed by atoms with van der Waals surface area (Å²) >= 11 is 3.31. The third-order valence-electron chi connectivity index (χ3n) is 3.00. The summed E-state index contributed by atoms with van der Waals surface area (Å²) in [5, 5.41) is 20.1. The van der Waals surface area contributed by atoms with Crippen LogP contribution in [0.3, 0.4) is 0 Å². The lowest BCUT2D eigenvalue weighted by Crippen LogP contribution is -2.41. The number of carboxylic acids is 2. The normalized spacial score (nSPS) is 11.7. The predicted molar refractivity (Wildman–Crippen MR) is 79.3 cm³/mol. The van der Waals surface area contributed by atoms with Gasteiger partial charge in [0.25, 0.3) is 5.91 Å². The van der Waals surface area contributed by atoms with Crippen molar-refractivity contribution < 1.29 is 24.6 Å². The highest BCUT2D eigenvalue weighted by molar-refractivity contribution is 9.10. The molecule has 1 amide bonds. The largest absolute Gasteiger partial charge is 0.481 e. The molecule has 0 radical (unpaired) electrons. The monoisotopic (exact) mass is 357 g/mol. The summed E-state index contributed by atoms with van der Waals surface area (Å²) in [5.74, 6) is -2.66. The standard InChI is InChI=1S/C14H16BrNO5/c1-8-9(4-2-5-10(8)15)13(19)16-11(14(20)21)6-3-7-12(17)18/h2,4-5,11H,3,6-7H2,1H3,(H,16,19)(H,17,18)(H,20,21)/t11-/m1/s1. The molecule has 0 aliphatic rings. The summed E-state index contributed by atoms with van der Waals surface area (Å²) in [6, 6.07) is 3.97. The number of hydrogen-bond donors (Lipinski definition) is 3. The number of carbonyl (C=O) groups excluding carboxylic acids is 1. The fourth-order valence-electron chi connectivity index (χ4n) is 1.80. The fraction of sp³-hybridized carbons (Fsp3) is 0.357. The molecule has 1 aromatic rings. The first kappa shape index (κ1) is 17.2. The number of nitrogens with one attached hydrogen (secondary N) is 1. The zero-order chi connectivity index (χ0) is 16.0. The second-order valence-electron chi connectivity index (χ2n) is 4.56. The van der Waals surface area contributed by atoms with Gasteiger partial charge in [0.2, 0.25) is 0 Å². The van der Waals surface area contributed by atoms with E-state index in [9.17, 15) is 14.4 Å². The Bertz CT molecular complexity index is 558. The Morgan fingerprint density at radius 2 is 1.95 bits per heavy atom. The molecule has 0 saturated heterocycles. The maximum Gasteiger partial charge on any atom is 0.326 e. The number of hydrogen-bond acceptors (Lipinski definition) is 3. The van der Waals surface area contributed by atoms with Crippen molar-refractivity contribution in [3.63, 3.8) is 0 Å². The van der Waals surface area contributed by atoms with Gasteiger partial charge in [0.05, 0.1) is 0 Å². The lowest BCUT2D eigenvalue weighted by molar-refractivity contribution is -0.140. The van der Waals surface area contributed by atoms with Crippen LogP contribution in [0, 0.1) is 6.92 Å². The third kappa shape index (κ3) is 5.18. The summed E-state index contributed by atoms with van der Waals surface area (Å²) in [6.07, 6.45) is 0.125. The lowest BCUT2D eigenvalue weighted by atomic mass is 10.1. The topological polar surface area (TPSA) is 104 Å². The van der Waals surface area contributed by atoms with Gasteiger partial charge in [-0.05, 0) is 37.5 Å². The number of carbonyl (C=O) groups is 3. The van der Waals surface area contributed by atoms with Crippen molar-refractivity contribution in [1.29, 1.82) is 0 Å². The third-order valence-corrected chi connectivity index (χ3v) is 3.86. The van der Waals surface area contributed by atoms with Crippen LogP contribution in [0.4, 0.5) is 0 Å². The number of aliphatic carboxylic acids is 2. The Balaban J connectivity index is 2.74. The molecule has 0 spiro atoms. The smallest absolute Gasteiger partial charge is 0.326 e. The molecule has 0 unspecified atom stereocenters. The van der Waals surface area contributed by atoms with Crippen LogP contribution in [0.5, 0.6) is 0 Å². The van der Waals surface area contributed by atoms with Gasteiger partial charge in [-0.2, -0.15) is 0 Å². The van der Waals surface area contributed by atoms with Crippen LogP contribution in [0.25, 0.3) is 0 Å². The molecule has 0 saturated carbocycles. The molecule has 1 atom stereocenters. The van der Waals surface area contributed by atoms with Gasteiger partial charge in [0.15, 0.2) is 0 Å². The van der Waals surface area contributed by atoms with Gasteiger partial charge >= 0.3 is 11.9 Å². The van der Waals surface area contributed by atoms with Gasteiger partial charge in [0, 0.05) is 16.5 Å². The first-order chi connectivity index (χ1) is 9.82. The van der Waals surface area contributed by atoms with Crippen molar-refractivity contribution in [1.82, 2.24) is 5.32 Å². The van der Waals surface area contributed by atoms with E-state index in [2.05, 4.69) is 21.2 Å². The number of halogens is 1. The summed E-state index contributed by atoms with van der Waals surface area (Å²) in [7, 11) is 0. The van der Waals surface area contributed by atoms with Gasteiger partial charge in [-0.1, -0.05) is 22.0 Å². The van der Waals surface area contributed by atoms with Crippen molar-refractivity contribution >= 4 is 33.8 Å². The number of amides is 1. The first-order valence-corrected chi connectivity index (χ1v) is 7.12. The predicted octanol–water partition coefficient (Wildman–Crippen LogP) is 2.20. The second kappa shape index (κ2) is 7.78. The van der Waals surface area contributed by atoms with Crippen LogP contribution in [-0.2, 0) is 9.59 Å². The molecule has 114 valence electrons. The zero-order valence-corrected chi connectivity index (χ0v) is 13.0. The summed E-state index contributed by atoms with van der Waals surface area (Å²) in [5.41, 5.74) is 1.10. The van der Waals surface area contributed by atoms with E-state index in [1.807, 2.05) is 0 Å². The Kier molecular flexibility index (Phi) is 6.36. The van der Waals surface area contributed by atoms with Crippen LogP contribution < -0.4 is 5.32 Å². The molecule has 21 heavy (non-hydrogen) atoms. The minimum Gasteiger partial charge on any atom is -0.481 e. The Morgan fingerprint density at radius 3 is 2.52 bits per heavy atom. The number of carboxylic acid groups (broad SMARTS) is 2. The van der Waals surface area contributed by atoms with Gasteiger partial charge in [-0.15, -0.1) is 0 Å². The zero-order valence-electron chi connectivity index (χ0n) is 11.4. The van der Waals surface area contributed by atoms with Crippen LogP contribution in [0.1, 0.15) is 35.2 Å². The number of benzene rings is 1. The molecular weight excluding hydrogens is 342 g/mol. The highest BCUT2D eigenvalue weighted by atomic mass is 79.9. The van der Waals surface area contributed by atoms with E-state index in [1.165, 1.54) is 0 Å². The van der Waals surface area contributed by atoms with E-state index >= 15 is 0 Å². The van der Waals surface area contributed by atoms with Crippen LogP contribution >= 0.6 is 15.9 Å². The summed E-state index contributed by atoms with van der Waals surface area (Å²) in [4.78, 5) is 33.7. The minimum atomic E-state index is -1.18. The van der Waals surface area contributed by atoms with Gasteiger partial charge in [-0.25, -0.2) is 4.79 Å². The van der Waals surface area contributed by atoms with Crippen LogP contribution in [0.15, 0.2) is 22.7 Å². The molecule has 0 aromatic heterocycles. The molecule has 1 aromatic carbocycles. The second-order valence-corrected chi connectivity index (χ2v) is 5.42. The molecular formula is C14H16BrNO5. The molecule has 0 aliphatic carbocycles. The molecule has 7 heteroatoms. The Hall–Kier alpha value is -1.89. The first-order valence-electron chi connectivity index (χ1n) is 6.33. The average molecular weight is 358 g/mol. The lowest BCUT2D eigenvalue weighted by Gasteiger charge is -2.15. The summed E-state index contributed by atoms with van der Waals surface area (Å²) < 4.78 is 0.757. The van der Waals surface area contributed by atoms with Crippen molar-refractivity contribution in [2.45, 2.75) is 32.2 Å². The van der Waals surface area contributed by atoms with E-state index < -0.39 is 23.9 Å². The average Bonchev–Trinajstić information content (AvgIpc) is 2.40. The van der Waals surface area contributed by atoms with Gasteiger partial charge in [0.1, 0.15) is 6.04 Å². The molecule has 0 aliphatic heterocycles. The molecule has 1 rings (SSSR count). The molecule has 0 heterocycles. The van der Waals surface area contributed by atoms with E-state index in [4.69, 9.17) is 10.2 Å². The van der Waals surface area contributed by atoms with Crippen LogP contribution in [0.2, 0.25) is 0 Å². The van der Waals surface area contributed by atoms with E-state index in [0.29, 0.717) is 11.1 Å². The van der Waals surface area contributed by atoms with Gasteiger partial charge < -0.3 is 15.5 Å². The van der Waals surface area contributed by atoms with E-state index in [-0.39, 0.29) is 19.3 Å². The van der Waals surface area contributed by atoms with Gasteiger partial charge in [-0.3, -0.25) is 9.59 Å². The highest BCUT2D eigenvalue weighted by Gasteiger charge is 2.21. The number of rotatable bonds is 7. The fourth-order valence-corrected chi connectivity index (χ4v) is 2.17. The van der Waals surface area contributed by atoms with E-state index in [0.717, 1.165) is 4.47 Å². The quantitative estimate of drug-likeness (QED) is 0.693. The maximum absolute atomic E-state index is 12.1. The molecule has 0 bridgehead atoms. The minimum absolute atomic E-state index is 0.0699. The van der Waals surface area contributed by atoms with Crippen molar-refractivity contribution in [3.05, 3.63) is 33.8 Å². The van der Waals surface area contributed by atoms with Crippen molar-refractivity contribution in [2.75, 3.05) is 0 Å². The molecule has 0 fully saturated rings.